The summed E-state index contributed by atoms with van der Waals surface area (Å²) < 4.78 is 10.6. The van der Waals surface area contributed by atoms with E-state index in [1.165, 1.54) is 0 Å². The summed E-state index contributed by atoms with van der Waals surface area (Å²) >= 11 is 1.62. The molecular formula is C15H17NO3S. The van der Waals surface area contributed by atoms with Crippen LogP contribution in [0.2, 0.25) is 0 Å². The smallest absolute Gasteiger partial charge is 0.258 e. The van der Waals surface area contributed by atoms with Crippen molar-refractivity contribution in [1.82, 2.24) is 5.32 Å². The highest BCUT2D eigenvalue weighted by molar-refractivity contribution is 7.10. The van der Waals surface area contributed by atoms with Crippen LogP contribution in [-0.4, -0.2) is 19.6 Å². The molecule has 1 amide bonds. The molecule has 2 rings (SSSR count). The van der Waals surface area contributed by atoms with Crippen molar-refractivity contribution in [1.29, 1.82) is 0 Å². The van der Waals surface area contributed by atoms with E-state index in [-0.39, 0.29) is 18.6 Å². The van der Waals surface area contributed by atoms with Gasteiger partial charge in [0.15, 0.2) is 18.1 Å². The van der Waals surface area contributed by atoms with Crippen molar-refractivity contribution in [2.75, 3.05) is 13.7 Å². The molecule has 2 aromatic rings. The summed E-state index contributed by atoms with van der Waals surface area (Å²) in [5.41, 5.74) is 0. The number of amides is 1. The molecular weight excluding hydrogens is 274 g/mol. The molecule has 1 N–H and O–H groups in total. The number of thiophene rings is 1. The highest BCUT2D eigenvalue weighted by Crippen LogP contribution is 2.25. The molecule has 0 fully saturated rings. The molecule has 0 saturated carbocycles. The van der Waals surface area contributed by atoms with E-state index in [2.05, 4.69) is 5.32 Å². The molecule has 106 valence electrons. The van der Waals surface area contributed by atoms with Crippen LogP contribution in [-0.2, 0) is 4.79 Å². The Morgan fingerprint density at radius 3 is 2.65 bits per heavy atom. The molecule has 0 spiro atoms. The quantitative estimate of drug-likeness (QED) is 0.890. The Morgan fingerprint density at radius 2 is 2.00 bits per heavy atom. The second kappa shape index (κ2) is 6.96. The van der Waals surface area contributed by atoms with E-state index in [1.54, 1.807) is 30.6 Å². The van der Waals surface area contributed by atoms with E-state index in [1.807, 2.05) is 36.6 Å². The number of para-hydroxylation sites is 2. The zero-order chi connectivity index (χ0) is 14.4. The second-order valence-electron chi connectivity index (χ2n) is 4.24. The third kappa shape index (κ3) is 3.74. The SMILES string of the molecule is COc1ccccc1OCC(=O)N[C@@H](C)c1cccs1. The van der Waals surface area contributed by atoms with Gasteiger partial charge in [0, 0.05) is 4.88 Å². The van der Waals surface area contributed by atoms with Gasteiger partial charge in [-0.3, -0.25) is 4.79 Å². The molecule has 0 aliphatic rings. The maximum atomic E-state index is 11.8. The normalized spacial score (nSPS) is 11.7. The first-order valence-electron chi connectivity index (χ1n) is 6.29. The van der Waals surface area contributed by atoms with Crippen molar-refractivity contribution in [2.45, 2.75) is 13.0 Å². The van der Waals surface area contributed by atoms with Crippen LogP contribution in [0, 0.1) is 0 Å². The van der Waals surface area contributed by atoms with E-state index in [0.717, 1.165) is 4.88 Å². The average molecular weight is 291 g/mol. The molecule has 5 heteroatoms. The van der Waals surface area contributed by atoms with Crippen molar-refractivity contribution in [3.63, 3.8) is 0 Å². The summed E-state index contributed by atoms with van der Waals surface area (Å²) in [6, 6.07) is 11.2. The van der Waals surface area contributed by atoms with Crippen LogP contribution in [0.25, 0.3) is 0 Å². The van der Waals surface area contributed by atoms with Gasteiger partial charge in [0.25, 0.3) is 5.91 Å². The van der Waals surface area contributed by atoms with Crippen LogP contribution in [0.1, 0.15) is 17.8 Å². The summed E-state index contributed by atoms with van der Waals surface area (Å²) in [6.07, 6.45) is 0. The number of methoxy groups -OCH3 is 1. The molecule has 0 unspecified atom stereocenters. The zero-order valence-electron chi connectivity index (χ0n) is 11.5. The fraction of sp³-hybridized carbons (Fsp3) is 0.267. The van der Waals surface area contributed by atoms with Crippen molar-refractivity contribution in [3.05, 3.63) is 46.7 Å². The van der Waals surface area contributed by atoms with Crippen molar-refractivity contribution in [3.8, 4) is 11.5 Å². The predicted octanol–water partition coefficient (Wildman–Crippen LogP) is 3.01. The lowest BCUT2D eigenvalue weighted by atomic mass is 10.3. The molecule has 0 saturated heterocycles. The standard InChI is InChI=1S/C15H17NO3S/c1-11(14-8-5-9-20-14)16-15(17)10-19-13-7-4-3-6-12(13)18-2/h3-9,11H,10H2,1-2H3,(H,16,17)/t11-/m0/s1. The Bertz CT molecular complexity index is 554. The van der Waals surface area contributed by atoms with E-state index in [0.29, 0.717) is 11.5 Å². The molecule has 4 nitrogen and oxygen atoms in total. The van der Waals surface area contributed by atoms with E-state index < -0.39 is 0 Å². The van der Waals surface area contributed by atoms with Crippen molar-refractivity contribution >= 4 is 17.2 Å². The second-order valence-corrected chi connectivity index (χ2v) is 5.22. The lowest BCUT2D eigenvalue weighted by molar-refractivity contribution is -0.123. The lowest BCUT2D eigenvalue weighted by Gasteiger charge is -2.13. The minimum absolute atomic E-state index is 0.0104. The van der Waals surface area contributed by atoms with Crippen LogP contribution < -0.4 is 14.8 Å². The lowest BCUT2D eigenvalue weighted by Crippen LogP contribution is -2.30. The summed E-state index contributed by atoms with van der Waals surface area (Å²) in [7, 11) is 1.57. The van der Waals surface area contributed by atoms with Crippen LogP contribution in [0.15, 0.2) is 41.8 Å². The molecule has 1 aromatic carbocycles. The summed E-state index contributed by atoms with van der Waals surface area (Å²) in [4.78, 5) is 13.0. The molecule has 1 atom stereocenters. The predicted molar refractivity (Wildman–Crippen MR) is 79.4 cm³/mol. The number of hydrogen-bond acceptors (Lipinski definition) is 4. The molecule has 0 bridgehead atoms. The first-order valence-corrected chi connectivity index (χ1v) is 7.17. The highest BCUT2D eigenvalue weighted by atomic mass is 32.1. The van der Waals surface area contributed by atoms with Gasteiger partial charge in [-0.2, -0.15) is 0 Å². The number of ether oxygens (including phenoxy) is 2. The van der Waals surface area contributed by atoms with Crippen LogP contribution >= 0.6 is 11.3 Å². The number of rotatable bonds is 6. The van der Waals surface area contributed by atoms with Gasteiger partial charge in [-0.05, 0) is 30.5 Å². The van der Waals surface area contributed by atoms with Gasteiger partial charge < -0.3 is 14.8 Å². The number of benzene rings is 1. The largest absolute Gasteiger partial charge is 0.493 e. The van der Waals surface area contributed by atoms with Crippen LogP contribution in [0.5, 0.6) is 11.5 Å². The van der Waals surface area contributed by atoms with E-state index in [4.69, 9.17) is 9.47 Å². The van der Waals surface area contributed by atoms with E-state index >= 15 is 0 Å². The molecule has 0 aliphatic carbocycles. The Hall–Kier alpha value is -2.01. The third-order valence-electron chi connectivity index (χ3n) is 2.78. The maximum absolute atomic E-state index is 11.8. The van der Waals surface area contributed by atoms with Gasteiger partial charge >= 0.3 is 0 Å². The van der Waals surface area contributed by atoms with Gasteiger partial charge in [0.2, 0.25) is 0 Å². The van der Waals surface area contributed by atoms with Crippen LogP contribution in [0.4, 0.5) is 0 Å². The average Bonchev–Trinajstić information content (AvgIpc) is 2.99. The fourth-order valence-corrected chi connectivity index (χ4v) is 2.51. The van der Waals surface area contributed by atoms with Crippen molar-refractivity contribution in [2.24, 2.45) is 0 Å². The Balaban J connectivity index is 1.86. The fourth-order valence-electron chi connectivity index (χ4n) is 1.77. The highest BCUT2D eigenvalue weighted by Gasteiger charge is 2.11. The Morgan fingerprint density at radius 1 is 1.25 bits per heavy atom. The van der Waals surface area contributed by atoms with Gasteiger partial charge in [0.05, 0.1) is 13.2 Å². The minimum atomic E-state index is -0.156. The Labute approximate surface area is 122 Å². The Kier molecular flexibility index (Phi) is 5.01. The van der Waals surface area contributed by atoms with Gasteiger partial charge in [-0.15, -0.1) is 11.3 Å². The first kappa shape index (κ1) is 14.4. The topological polar surface area (TPSA) is 47.6 Å². The van der Waals surface area contributed by atoms with E-state index in [9.17, 15) is 4.79 Å². The van der Waals surface area contributed by atoms with Crippen molar-refractivity contribution < 1.29 is 14.3 Å². The van der Waals surface area contributed by atoms with Gasteiger partial charge in [-0.1, -0.05) is 18.2 Å². The number of hydrogen-bond donors (Lipinski definition) is 1. The van der Waals surface area contributed by atoms with Crippen LogP contribution in [0.3, 0.4) is 0 Å². The molecule has 1 aromatic heterocycles. The zero-order valence-corrected chi connectivity index (χ0v) is 12.3. The molecule has 0 radical (unpaired) electrons. The number of carbonyl (C=O) groups is 1. The summed E-state index contributed by atoms with van der Waals surface area (Å²) in [5.74, 6) is 1.03. The number of carbonyl (C=O) groups excluding carboxylic acids is 1. The minimum Gasteiger partial charge on any atom is -0.493 e. The third-order valence-corrected chi connectivity index (χ3v) is 3.83. The molecule has 20 heavy (non-hydrogen) atoms. The summed E-state index contributed by atoms with van der Waals surface area (Å²) in [6.45, 7) is 1.92. The maximum Gasteiger partial charge on any atom is 0.258 e. The number of nitrogens with one attached hydrogen (secondary N) is 1. The monoisotopic (exact) mass is 291 g/mol. The van der Waals surface area contributed by atoms with Gasteiger partial charge in [-0.25, -0.2) is 0 Å². The molecule has 0 aliphatic heterocycles. The van der Waals surface area contributed by atoms with Gasteiger partial charge in [0.1, 0.15) is 0 Å². The molecule has 1 heterocycles. The first-order chi connectivity index (χ1) is 9.70. The summed E-state index contributed by atoms with van der Waals surface area (Å²) in [5, 5.41) is 4.89.